The number of hydrogen-bond acceptors (Lipinski definition) is 2. The van der Waals surface area contributed by atoms with Crippen LogP contribution in [0.15, 0.2) is 138 Å². The van der Waals surface area contributed by atoms with Crippen molar-refractivity contribution in [1.29, 1.82) is 0 Å². The van der Waals surface area contributed by atoms with Crippen LogP contribution in [0.5, 0.6) is 5.75 Å². The molecule has 0 radical (unpaired) electrons. The minimum absolute atomic E-state index is 0.214. The first-order valence-corrected chi connectivity index (χ1v) is 16.0. The number of aromatic hydroxyl groups is 1. The first kappa shape index (κ1) is 26.0. The molecule has 0 saturated carbocycles. The van der Waals surface area contributed by atoms with E-state index in [2.05, 4.69) is 127 Å². The van der Waals surface area contributed by atoms with Crippen LogP contribution in [0.3, 0.4) is 0 Å². The zero-order valence-electron chi connectivity index (χ0n) is 25.3. The molecule has 1 aliphatic carbocycles. The Kier molecular flexibility index (Phi) is 5.44. The second kappa shape index (κ2) is 9.85. The molecule has 10 rings (SSSR count). The Morgan fingerprint density at radius 2 is 1.15 bits per heavy atom. The highest BCUT2D eigenvalue weighted by Gasteiger charge is 2.24. The third kappa shape index (κ3) is 3.69. The van der Waals surface area contributed by atoms with Crippen molar-refractivity contribution in [3.05, 3.63) is 145 Å². The highest BCUT2D eigenvalue weighted by molar-refractivity contribution is 6.27. The Hall–Kier alpha value is -6.30. The molecule has 1 aliphatic rings. The molecule has 1 aromatic heterocycles. The van der Waals surface area contributed by atoms with Gasteiger partial charge in [0.2, 0.25) is 0 Å². The smallest absolute Gasteiger partial charge is 0.139 e. The molecule has 0 saturated heterocycles. The molecule has 0 bridgehead atoms. The summed E-state index contributed by atoms with van der Waals surface area (Å²) >= 11 is 0. The number of benzene rings is 8. The Labute approximate surface area is 270 Å². The molecular formula is C45H26O2. The quantitative estimate of drug-likeness (QED) is 0.159. The molecule has 1 N–H and O–H groups in total. The van der Waals surface area contributed by atoms with Crippen LogP contribution < -0.4 is 0 Å². The average Bonchev–Trinajstić information content (AvgIpc) is 3.33. The Bertz CT molecular complexity index is 2830. The molecule has 0 unspecified atom stereocenters. The van der Waals surface area contributed by atoms with Gasteiger partial charge in [-0.15, -0.1) is 0 Å². The van der Waals surface area contributed by atoms with Crippen LogP contribution in [-0.2, 0) is 0 Å². The number of rotatable bonds is 2. The number of para-hydroxylation sites is 1. The normalized spacial score (nSPS) is 12.6. The van der Waals surface area contributed by atoms with Crippen LogP contribution in [0.4, 0.5) is 0 Å². The van der Waals surface area contributed by atoms with Crippen LogP contribution in [0.2, 0.25) is 0 Å². The zero-order chi connectivity index (χ0) is 31.1. The molecule has 9 aromatic rings. The van der Waals surface area contributed by atoms with Crippen molar-refractivity contribution in [2.24, 2.45) is 0 Å². The molecule has 2 heteroatoms. The second-order valence-corrected chi connectivity index (χ2v) is 12.3. The molecule has 0 spiro atoms. The maximum Gasteiger partial charge on any atom is 0.139 e. The van der Waals surface area contributed by atoms with Gasteiger partial charge in [-0.3, -0.25) is 0 Å². The van der Waals surface area contributed by atoms with Crippen molar-refractivity contribution in [3.63, 3.8) is 0 Å². The van der Waals surface area contributed by atoms with E-state index < -0.39 is 0 Å². The molecule has 47 heavy (non-hydrogen) atoms. The minimum Gasteiger partial charge on any atom is -0.506 e. The van der Waals surface area contributed by atoms with Crippen molar-refractivity contribution < 1.29 is 9.52 Å². The van der Waals surface area contributed by atoms with Crippen LogP contribution in [0, 0.1) is 11.8 Å². The van der Waals surface area contributed by atoms with Gasteiger partial charge in [-0.05, 0) is 83.7 Å². The van der Waals surface area contributed by atoms with E-state index in [1.165, 1.54) is 32.7 Å². The van der Waals surface area contributed by atoms with Gasteiger partial charge in [-0.25, -0.2) is 0 Å². The highest BCUT2D eigenvalue weighted by Crippen LogP contribution is 2.50. The third-order valence-electron chi connectivity index (χ3n) is 9.76. The Morgan fingerprint density at radius 1 is 0.532 bits per heavy atom. The first-order valence-electron chi connectivity index (χ1n) is 16.0. The van der Waals surface area contributed by atoms with E-state index in [0.717, 1.165) is 60.2 Å². The standard InChI is InChI=1S/C45H26O2/c46-45-43-30-17-3-1-2-14-28(30)25-37(38(43)26-40-44(45)36-22-10-11-24-39(36)47-40)42-34-20-8-6-18-32(34)41(33-19-7-9-21-35(33)42)31-23-12-15-27-13-4-5-16-29(27)31/h2,4-16,18-26,46H,1H2. The minimum atomic E-state index is 0.214. The van der Waals surface area contributed by atoms with E-state index in [1.54, 1.807) is 0 Å². The summed E-state index contributed by atoms with van der Waals surface area (Å²) in [6.45, 7) is 0. The van der Waals surface area contributed by atoms with Gasteiger partial charge in [0.1, 0.15) is 16.9 Å². The number of phenols is 1. The van der Waals surface area contributed by atoms with Gasteiger partial charge in [0.05, 0.1) is 5.39 Å². The number of fused-ring (bicyclic) bond motifs is 9. The van der Waals surface area contributed by atoms with Crippen molar-refractivity contribution in [3.8, 4) is 39.8 Å². The van der Waals surface area contributed by atoms with Gasteiger partial charge in [-0.1, -0.05) is 133 Å². The lowest BCUT2D eigenvalue weighted by Crippen LogP contribution is -1.95. The van der Waals surface area contributed by atoms with Gasteiger partial charge >= 0.3 is 0 Å². The Balaban J connectivity index is 1.41. The number of furan rings is 1. The van der Waals surface area contributed by atoms with Crippen LogP contribution in [0.1, 0.15) is 17.5 Å². The van der Waals surface area contributed by atoms with Crippen LogP contribution >= 0.6 is 0 Å². The van der Waals surface area contributed by atoms with Crippen molar-refractivity contribution in [1.82, 2.24) is 0 Å². The fraction of sp³-hybridized carbons (Fsp3) is 0.0222. The third-order valence-corrected chi connectivity index (χ3v) is 9.76. The number of hydrogen-bond donors (Lipinski definition) is 1. The Morgan fingerprint density at radius 3 is 1.89 bits per heavy atom. The topological polar surface area (TPSA) is 33.4 Å². The summed E-state index contributed by atoms with van der Waals surface area (Å²) in [5.41, 5.74) is 7.89. The lowest BCUT2D eigenvalue weighted by Gasteiger charge is -2.21. The number of allylic oxidation sites excluding steroid dienone is 1. The largest absolute Gasteiger partial charge is 0.506 e. The van der Waals surface area contributed by atoms with E-state index in [9.17, 15) is 5.11 Å². The van der Waals surface area contributed by atoms with Gasteiger partial charge in [-0.2, -0.15) is 0 Å². The maximum atomic E-state index is 12.2. The average molecular weight is 599 g/mol. The molecular weight excluding hydrogens is 572 g/mol. The molecule has 0 atom stereocenters. The summed E-state index contributed by atoms with van der Waals surface area (Å²) in [7, 11) is 0. The van der Waals surface area contributed by atoms with Gasteiger partial charge in [0.25, 0.3) is 0 Å². The summed E-state index contributed by atoms with van der Waals surface area (Å²) in [5, 5.41) is 22.6. The lowest BCUT2D eigenvalue weighted by atomic mass is 9.82. The van der Waals surface area contributed by atoms with E-state index >= 15 is 0 Å². The van der Waals surface area contributed by atoms with E-state index in [-0.39, 0.29) is 5.75 Å². The summed E-state index contributed by atoms with van der Waals surface area (Å²) in [6, 6.07) is 44.9. The van der Waals surface area contributed by atoms with Gasteiger partial charge in [0, 0.05) is 22.8 Å². The maximum absolute atomic E-state index is 12.2. The monoisotopic (exact) mass is 598 g/mol. The molecule has 1 heterocycles. The SMILES string of the molecule is Oc1c2c3c(cc(-c4c5ccccc5c(-c5cccc6ccccc56)c5ccccc45)c2cc2oc4ccccc4c12)C=CCC#C3. The molecule has 0 aliphatic heterocycles. The molecule has 8 aromatic carbocycles. The lowest BCUT2D eigenvalue weighted by molar-refractivity contribution is 0.487. The predicted molar refractivity (Wildman–Crippen MR) is 197 cm³/mol. The number of phenolic OH excluding ortho intramolecular Hbond substituents is 1. The molecule has 0 fully saturated rings. The van der Waals surface area contributed by atoms with Crippen LogP contribution in [-0.4, -0.2) is 5.11 Å². The molecule has 218 valence electrons. The van der Waals surface area contributed by atoms with Crippen LogP contribution in [0.25, 0.3) is 93.4 Å². The van der Waals surface area contributed by atoms with Crippen molar-refractivity contribution >= 4 is 71.1 Å². The highest BCUT2D eigenvalue weighted by atomic mass is 16.3. The van der Waals surface area contributed by atoms with Gasteiger partial charge in [0.15, 0.2) is 0 Å². The summed E-state index contributed by atoms with van der Waals surface area (Å²) in [6.07, 6.45) is 4.91. The summed E-state index contributed by atoms with van der Waals surface area (Å²) < 4.78 is 6.38. The molecule has 2 nitrogen and oxygen atoms in total. The fourth-order valence-electron chi connectivity index (χ4n) is 7.79. The predicted octanol–water partition coefficient (Wildman–Crippen LogP) is 12.0. The zero-order valence-corrected chi connectivity index (χ0v) is 25.3. The fourth-order valence-corrected chi connectivity index (χ4v) is 7.79. The van der Waals surface area contributed by atoms with Gasteiger partial charge < -0.3 is 9.52 Å². The summed E-state index contributed by atoms with van der Waals surface area (Å²) in [5.74, 6) is 6.91. The first-order chi connectivity index (χ1) is 23.3. The second-order valence-electron chi connectivity index (χ2n) is 12.3. The van der Waals surface area contributed by atoms with Crippen molar-refractivity contribution in [2.45, 2.75) is 6.42 Å². The van der Waals surface area contributed by atoms with E-state index in [0.29, 0.717) is 12.0 Å². The van der Waals surface area contributed by atoms with E-state index in [4.69, 9.17) is 4.42 Å². The molecule has 0 amide bonds. The summed E-state index contributed by atoms with van der Waals surface area (Å²) in [4.78, 5) is 0. The van der Waals surface area contributed by atoms with E-state index in [1.807, 2.05) is 24.3 Å². The van der Waals surface area contributed by atoms with Crippen molar-refractivity contribution in [2.75, 3.05) is 0 Å².